The van der Waals surface area contributed by atoms with Gasteiger partial charge in [-0.1, -0.05) is 0 Å². The zero-order chi connectivity index (χ0) is 14.2. The minimum Gasteiger partial charge on any atom is -0.388 e. The van der Waals surface area contributed by atoms with E-state index in [1.165, 1.54) is 12.1 Å². The van der Waals surface area contributed by atoms with Crippen molar-refractivity contribution in [1.29, 1.82) is 0 Å². The number of hydrogen-bond acceptors (Lipinski definition) is 7. The smallest absolute Gasteiger partial charge is 0.269 e. The molecule has 1 aliphatic heterocycles. The van der Waals surface area contributed by atoms with Crippen molar-refractivity contribution in [2.45, 2.75) is 24.1 Å². The van der Waals surface area contributed by atoms with Crippen molar-refractivity contribution in [3.05, 3.63) is 39.9 Å². The first-order chi connectivity index (χ1) is 8.86. The van der Waals surface area contributed by atoms with Crippen LogP contribution >= 0.6 is 0 Å². The SMILES string of the molecule is O=[N+]([O-])c1ccc(C2(O)OC[C@@H](O)[C@H](O)[C@H]2O)cc1. The quantitative estimate of drug-likeness (QED) is 0.394. The molecule has 8 heteroatoms. The molecular weight excluding hydrogens is 258 g/mol. The molecule has 19 heavy (non-hydrogen) atoms. The van der Waals surface area contributed by atoms with E-state index < -0.39 is 29.0 Å². The average Bonchev–Trinajstić information content (AvgIpc) is 2.41. The second kappa shape index (κ2) is 4.83. The third-order valence-electron chi connectivity index (χ3n) is 3.08. The standard InChI is InChI=1S/C11H13NO7/c13-8-5-19-11(16,10(15)9(8)14)6-1-3-7(4-2-6)12(17)18/h1-4,8-10,13-16H,5H2/t8-,9+,10-,11?/m1/s1. The van der Waals surface area contributed by atoms with Crippen LogP contribution in [0, 0.1) is 10.1 Å². The molecule has 1 unspecified atom stereocenters. The van der Waals surface area contributed by atoms with Crippen molar-refractivity contribution in [3.8, 4) is 0 Å². The highest BCUT2D eigenvalue weighted by Crippen LogP contribution is 2.34. The van der Waals surface area contributed by atoms with E-state index in [1.54, 1.807) is 0 Å². The topological polar surface area (TPSA) is 133 Å². The molecule has 0 spiro atoms. The predicted molar refractivity (Wildman–Crippen MR) is 61.0 cm³/mol. The number of rotatable bonds is 2. The summed E-state index contributed by atoms with van der Waals surface area (Å²) in [4.78, 5) is 9.91. The Labute approximate surface area is 107 Å². The number of benzene rings is 1. The molecule has 1 aromatic rings. The van der Waals surface area contributed by atoms with E-state index in [2.05, 4.69) is 0 Å². The number of aliphatic hydroxyl groups excluding tert-OH is 3. The van der Waals surface area contributed by atoms with Gasteiger partial charge in [-0.15, -0.1) is 0 Å². The van der Waals surface area contributed by atoms with Gasteiger partial charge in [0.2, 0.25) is 5.79 Å². The highest BCUT2D eigenvalue weighted by Gasteiger charge is 2.49. The third kappa shape index (κ3) is 2.31. The first-order valence-electron chi connectivity index (χ1n) is 5.51. The van der Waals surface area contributed by atoms with Crippen LogP contribution in [0.2, 0.25) is 0 Å². The molecule has 1 aromatic carbocycles. The fraction of sp³-hybridized carbons (Fsp3) is 0.455. The molecule has 0 saturated carbocycles. The van der Waals surface area contributed by atoms with Crippen LogP contribution in [-0.2, 0) is 10.5 Å². The van der Waals surface area contributed by atoms with Crippen molar-refractivity contribution >= 4 is 5.69 Å². The van der Waals surface area contributed by atoms with Gasteiger partial charge in [-0.3, -0.25) is 10.1 Å². The number of aliphatic hydroxyl groups is 4. The van der Waals surface area contributed by atoms with Gasteiger partial charge in [0, 0.05) is 17.7 Å². The molecule has 1 heterocycles. The zero-order valence-corrected chi connectivity index (χ0v) is 9.71. The summed E-state index contributed by atoms with van der Waals surface area (Å²) in [7, 11) is 0. The Balaban J connectivity index is 2.31. The van der Waals surface area contributed by atoms with Gasteiger partial charge in [0.15, 0.2) is 0 Å². The zero-order valence-electron chi connectivity index (χ0n) is 9.71. The molecule has 0 bridgehead atoms. The monoisotopic (exact) mass is 271 g/mol. The van der Waals surface area contributed by atoms with Gasteiger partial charge in [0.1, 0.15) is 18.3 Å². The van der Waals surface area contributed by atoms with Crippen molar-refractivity contribution in [2.24, 2.45) is 0 Å². The number of non-ortho nitro benzene ring substituents is 1. The van der Waals surface area contributed by atoms with Gasteiger partial charge in [-0.05, 0) is 12.1 Å². The number of nitrogens with zero attached hydrogens (tertiary/aromatic N) is 1. The van der Waals surface area contributed by atoms with Gasteiger partial charge in [0.25, 0.3) is 5.69 Å². The van der Waals surface area contributed by atoms with Crippen LogP contribution in [0.25, 0.3) is 0 Å². The molecule has 1 aliphatic rings. The van der Waals surface area contributed by atoms with E-state index >= 15 is 0 Å². The highest BCUT2D eigenvalue weighted by molar-refractivity contribution is 5.35. The first-order valence-corrected chi connectivity index (χ1v) is 5.51. The van der Waals surface area contributed by atoms with Crippen LogP contribution in [0.1, 0.15) is 5.56 Å². The summed E-state index contributed by atoms with van der Waals surface area (Å²) >= 11 is 0. The molecule has 104 valence electrons. The Morgan fingerprint density at radius 3 is 2.37 bits per heavy atom. The molecular formula is C11H13NO7. The highest BCUT2D eigenvalue weighted by atomic mass is 16.6. The van der Waals surface area contributed by atoms with Crippen LogP contribution in [0.15, 0.2) is 24.3 Å². The number of nitro groups is 1. The van der Waals surface area contributed by atoms with Crippen molar-refractivity contribution in [1.82, 2.24) is 0 Å². The van der Waals surface area contributed by atoms with E-state index in [0.29, 0.717) is 0 Å². The molecule has 4 atom stereocenters. The lowest BCUT2D eigenvalue weighted by molar-refractivity contribution is -0.385. The summed E-state index contributed by atoms with van der Waals surface area (Å²) in [6.07, 6.45) is -4.65. The Kier molecular flexibility index (Phi) is 3.52. The van der Waals surface area contributed by atoms with Crippen LogP contribution < -0.4 is 0 Å². The van der Waals surface area contributed by atoms with Crippen LogP contribution in [0.3, 0.4) is 0 Å². The number of nitro benzene ring substituents is 1. The molecule has 0 aromatic heterocycles. The molecule has 4 N–H and O–H groups in total. The van der Waals surface area contributed by atoms with Crippen LogP contribution in [0.4, 0.5) is 5.69 Å². The summed E-state index contributed by atoms with van der Waals surface area (Å²) in [6, 6.07) is 4.71. The van der Waals surface area contributed by atoms with Crippen LogP contribution in [-0.4, -0.2) is 50.3 Å². The first kappa shape index (κ1) is 13.8. The largest absolute Gasteiger partial charge is 0.388 e. The lowest BCUT2D eigenvalue weighted by Gasteiger charge is -2.41. The fourth-order valence-electron chi connectivity index (χ4n) is 1.91. The lowest BCUT2D eigenvalue weighted by Crippen LogP contribution is -2.58. The van der Waals surface area contributed by atoms with E-state index in [-0.39, 0.29) is 17.9 Å². The van der Waals surface area contributed by atoms with Gasteiger partial charge >= 0.3 is 0 Å². The van der Waals surface area contributed by atoms with Crippen molar-refractivity contribution in [2.75, 3.05) is 6.61 Å². The summed E-state index contributed by atoms with van der Waals surface area (Å²) in [5.41, 5.74) is -0.130. The summed E-state index contributed by atoms with van der Waals surface area (Å²) in [6.45, 7) is -0.369. The average molecular weight is 271 g/mol. The minimum atomic E-state index is -2.21. The van der Waals surface area contributed by atoms with Crippen molar-refractivity contribution in [3.63, 3.8) is 0 Å². The summed E-state index contributed by atoms with van der Waals surface area (Å²) in [5, 5.41) is 49.4. The third-order valence-corrected chi connectivity index (χ3v) is 3.08. The minimum absolute atomic E-state index is 0.0524. The Morgan fingerprint density at radius 2 is 1.84 bits per heavy atom. The van der Waals surface area contributed by atoms with Gasteiger partial charge in [0.05, 0.1) is 11.5 Å². The van der Waals surface area contributed by atoms with Gasteiger partial charge in [-0.2, -0.15) is 0 Å². The van der Waals surface area contributed by atoms with Gasteiger partial charge < -0.3 is 25.2 Å². The van der Waals surface area contributed by atoms with Crippen LogP contribution in [0.5, 0.6) is 0 Å². The molecule has 0 aliphatic carbocycles. The number of hydrogen-bond donors (Lipinski definition) is 4. The fourth-order valence-corrected chi connectivity index (χ4v) is 1.91. The predicted octanol–water partition coefficient (Wildman–Crippen LogP) is -1.15. The summed E-state index contributed by atoms with van der Waals surface area (Å²) < 4.78 is 4.97. The maximum atomic E-state index is 10.5. The molecule has 2 rings (SSSR count). The van der Waals surface area contributed by atoms with E-state index in [0.717, 1.165) is 12.1 Å². The second-order valence-corrected chi connectivity index (χ2v) is 4.31. The van der Waals surface area contributed by atoms with E-state index in [4.69, 9.17) is 4.74 Å². The molecule has 8 nitrogen and oxygen atoms in total. The van der Waals surface area contributed by atoms with Crippen molar-refractivity contribution < 1.29 is 30.1 Å². The van der Waals surface area contributed by atoms with E-state index in [1.807, 2.05) is 0 Å². The molecule has 1 fully saturated rings. The number of ether oxygens (including phenoxy) is 1. The van der Waals surface area contributed by atoms with E-state index in [9.17, 15) is 30.5 Å². The molecule has 0 radical (unpaired) electrons. The maximum Gasteiger partial charge on any atom is 0.269 e. The maximum absolute atomic E-state index is 10.5. The Bertz CT molecular complexity index is 476. The molecule has 0 amide bonds. The Morgan fingerprint density at radius 1 is 1.26 bits per heavy atom. The van der Waals surface area contributed by atoms with Gasteiger partial charge in [-0.25, -0.2) is 0 Å². The molecule has 1 saturated heterocycles. The normalized spacial score (nSPS) is 35.1. The lowest BCUT2D eigenvalue weighted by atomic mass is 9.91. The Hall–Kier alpha value is -1.58. The second-order valence-electron chi connectivity index (χ2n) is 4.31. The summed E-state index contributed by atoms with van der Waals surface area (Å²) in [5.74, 6) is -2.21.